The van der Waals surface area contributed by atoms with E-state index in [4.69, 9.17) is 21.3 Å². The molecule has 3 aromatic rings. The summed E-state index contributed by atoms with van der Waals surface area (Å²) in [4.78, 5) is 4.76. The number of hydrogen-bond donors (Lipinski definition) is 1. The molecular weight excluding hydrogens is 400 g/mol. The molecule has 0 radical (unpaired) electrons. The molecule has 25 heavy (non-hydrogen) atoms. The van der Waals surface area contributed by atoms with Crippen molar-refractivity contribution in [3.05, 3.63) is 41.4 Å². The normalized spacial score (nSPS) is 11.2. The third kappa shape index (κ3) is 4.36. The molecule has 1 aromatic heterocycles. The van der Waals surface area contributed by atoms with E-state index >= 15 is 0 Å². The standard InChI is InChI=1S/C20H22BrClN2O/c1-25-15-7-9-18-17(13-15)20(23-11-5-3-2-4-10-21)16-8-6-14(22)12-19(16)24-18/h6-9,12-13H,2-5,10-11H2,1H3,(H,23,24). The molecule has 0 aliphatic carbocycles. The van der Waals surface area contributed by atoms with Crippen molar-refractivity contribution in [3.8, 4) is 5.75 Å². The number of nitrogens with zero attached hydrogens (tertiary/aromatic N) is 1. The van der Waals surface area contributed by atoms with Gasteiger partial charge in [0.25, 0.3) is 0 Å². The van der Waals surface area contributed by atoms with Crippen LogP contribution in [0.4, 0.5) is 5.69 Å². The van der Waals surface area contributed by atoms with Gasteiger partial charge in [-0.3, -0.25) is 0 Å². The first-order valence-corrected chi connectivity index (χ1v) is 10.1. The summed E-state index contributed by atoms with van der Waals surface area (Å²) < 4.78 is 5.40. The number of methoxy groups -OCH3 is 1. The van der Waals surface area contributed by atoms with Gasteiger partial charge in [-0.25, -0.2) is 4.98 Å². The number of nitrogens with one attached hydrogen (secondary N) is 1. The Balaban J connectivity index is 1.95. The Hall–Kier alpha value is -1.52. The molecule has 1 heterocycles. The van der Waals surface area contributed by atoms with Gasteiger partial charge in [0.05, 0.1) is 23.8 Å². The average Bonchev–Trinajstić information content (AvgIpc) is 2.63. The van der Waals surface area contributed by atoms with E-state index in [1.807, 2.05) is 36.4 Å². The van der Waals surface area contributed by atoms with Crippen LogP contribution in [0.15, 0.2) is 36.4 Å². The third-order valence-corrected chi connectivity index (χ3v) is 5.10. The van der Waals surface area contributed by atoms with E-state index in [1.165, 1.54) is 19.3 Å². The lowest BCUT2D eigenvalue weighted by Gasteiger charge is -2.14. The smallest absolute Gasteiger partial charge is 0.119 e. The Labute approximate surface area is 161 Å². The zero-order valence-corrected chi connectivity index (χ0v) is 16.7. The van der Waals surface area contributed by atoms with Gasteiger partial charge in [0.1, 0.15) is 5.75 Å². The van der Waals surface area contributed by atoms with Crippen LogP contribution in [-0.2, 0) is 0 Å². The molecule has 0 fully saturated rings. The average molecular weight is 422 g/mol. The molecule has 0 aliphatic heterocycles. The maximum absolute atomic E-state index is 6.16. The topological polar surface area (TPSA) is 34.1 Å². The lowest BCUT2D eigenvalue weighted by Crippen LogP contribution is -2.04. The molecule has 0 atom stereocenters. The van der Waals surface area contributed by atoms with Crippen molar-refractivity contribution < 1.29 is 4.74 Å². The fraction of sp³-hybridized carbons (Fsp3) is 0.350. The SMILES string of the molecule is COc1ccc2nc3cc(Cl)ccc3c(NCCCCCCBr)c2c1. The quantitative estimate of drug-likeness (QED) is 0.259. The molecule has 3 rings (SSSR count). The highest BCUT2D eigenvalue weighted by molar-refractivity contribution is 9.09. The van der Waals surface area contributed by atoms with E-state index in [9.17, 15) is 0 Å². The van der Waals surface area contributed by atoms with E-state index < -0.39 is 0 Å². The van der Waals surface area contributed by atoms with Crippen LogP contribution in [0.2, 0.25) is 5.02 Å². The highest BCUT2D eigenvalue weighted by atomic mass is 79.9. The highest BCUT2D eigenvalue weighted by Crippen LogP contribution is 2.34. The molecule has 0 saturated heterocycles. The van der Waals surface area contributed by atoms with Crippen molar-refractivity contribution in [1.29, 1.82) is 0 Å². The van der Waals surface area contributed by atoms with Gasteiger partial charge in [-0.05, 0) is 49.2 Å². The number of aromatic nitrogens is 1. The summed E-state index contributed by atoms with van der Waals surface area (Å²) in [6, 6.07) is 11.9. The molecule has 1 N–H and O–H groups in total. The molecule has 0 spiro atoms. The molecule has 3 nitrogen and oxygen atoms in total. The first-order chi connectivity index (χ1) is 12.2. The van der Waals surface area contributed by atoms with Crippen molar-refractivity contribution in [1.82, 2.24) is 4.98 Å². The van der Waals surface area contributed by atoms with Crippen molar-refractivity contribution in [2.75, 3.05) is 24.3 Å². The number of halogens is 2. The summed E-state index contributed by atoms with van der Waals surface area (Å²) in [5.74, 6) is 0.836. The zero-order chi connectivity index (χ0) is 17.6. The number of ether oxygens (including phenoxy) is 1. The van der Waals surface area contributed by atoms with Crippen LogP contribution < -0.4 is 10.1 Å². The van der Waals surface area contributed by atoms with E-state index in [2.05, 4.69) is 21.2 Å². The van der Waals surface area contributed by atoms with Crippen LogP contribution in [0.3, 0.4) is 0 Å². The number of benzene rings is 2. The number of fused-ring (bicyclic) bond motifs is 2. The zero-order valence-electron chi connectivity index (χ0n) is 14.3. The highest BCUT2D eigenvalue weighted by Gasteiger charge is 2.10. The maximum atomic E-state index is 6.16. The minimum Gasteiger partial charge on any atom is -0.497 e. The number of unbranched alkanes of at least 4 members (excludes halogenated alkanes) is 3. The van der Waals surface area contributed by atoms with Crippen LogP contribution in [-0.4, -0.2) is 24.0 Å². The Morgan fingerprint density at radius 2 is 1.84 bits per heavy atom. The minimum absolute atomic E-state index is 0.702. The summed E-state index contributed by atoms with van der Waals surface area (Å²) in [6.45, 7) is 0.941. The fourth-order valence-corrected chi connectivity index (χ4v) is 3.56. The van der Waals surface area contributed by atoms with Gasteiger partial charge in [0.2, 0.25) is 0 Å². The van der Waals surface area contributed by atoms with Gasteiger partial charge in [-0.2, -0.15) is 0 Å². The second-order valence-corrected chi connectivity index (χ2v) is 7.29. The molecule has 0 amide bonds. The molecule has 5 heteroatoms. The summed E-state index contributed by atoms with van der Waals surface area (Å²) in [5, 5.41) is 7.58. The van der Waals surface area contributed by atoms with E-state index in [0.717, 1.165) is 51.5 Å². The number of hydrogen-bond acceptors (Lipinski definition) is 3. The van der Waals surface area contributed by atoms with Crippen LogP contribution >= 0.6 is 27.5 Å². The third-order valence-electron chi connectivity index (χ3n) is 4.31. The van der Waals surface area contributed by atoms with Crippen molar-refractivity contribution in [3.63, 3.8) is 0 Å². The second-order valence-electron chi connectivity index (χ2n) is 6.06. The number of alkyl halides is 1. The predicted octanol–water partition coefficient (Wildman–Crippen LogP) is 6.42. The van der Waals surface area contributed by atoms with Gasteiger partial charge >= 0.3 is 0 Å². The Bertz CT molecular complexity index is 869. The van der Waals surface area contributed by atoms with Gasteiger partial charge in [-0.1, -0.05) is 40.4 Å². The lowest BCUT2D eigenvalue weighted by atomic mass is 10.1. The van der Waals surface area contributed by atoms with Gasteiger partial charge in [-0.15, -0.1) is 0 Å². The second kappa shape index (κ2) is 8.72. The first-order valence-electron chi connectivity index (χ1n) is 8.60. The van der Waals surface area contributed by atoms with Gasteiger partial charge in [0, 0.05) is 27.7 Å². The number of rotatable bonds is 8. The van der Waals surface area contributed by atoms with E-state index in [1.54, 1.807) is 7.11 Å². The van der Waals surface area contributed by atoms with Gasteiger partial charge in [0.15, 0.2) is 0 Å². The Kier molecular flexibility index (Phi) is 6.38. The monoisotopic (exact) mass is 420 g/mol. The largest absolute Gasteiger partial charge is 0.497 e. The van der Waals surface area contributed by atoms with Crippen molar-refractivity contribution >= 4 is 55.0 Å². The molecule has 0 aliphatic rings. The Morgan fingerprint density at radius 1 is 1.00 bits per heavy atom. The Morgan fingerprint density at radius 3 is 2.64 bits per heavy atom. The maximum Gasteiger partial charge on any atom is 0.119 e. The number of anilines is 1. The van der Waals surface area contributed by atoms with Crippen LogP contribution in [0, 0.1) is 0 Å². The van der Waals surface area contributed by atoms with Crippen LogP contribution in [0.25, 0.3) is 21.8 Å². The number of pyridine rings is 1. The summed E-state index contributed by atoms with van der Waals surface area (Å²) in [5.41, 5.74) is 2.96. The van der Waals surface area contributed by atoms with Crippen LogP contribution in [0.1, 0.15) is 25.7 Å². The summed E-state index contributed by atoms with van der Waals surface area (Å²) in [6.07, 6.45) is 4.87. The molecule has 0 bridgehead atoms. The molecule has 0 unspecified atom stereocenters. The molecule has 0 saturated carbocycles. The molecular formula is C20H22BrClN2O. The van der Waals surface area contributed by atoms with E-state index in [-0.39, 0.29) is 0 Å². The first kappa shape index (κ1) is 18.3. The lowest BCUT2D eigenvalue weighted by molar-refractivity contribution is 0.415. The summed E-state index contributed by atoms with van der Waals surface area (Å²) in [7, 11) is 1.69. The van der Waals surface area contributed by atoms with E-state index in [0.29, 0.717) is 5.02 Å². The van der Waals surface area contributed by atoms with Crippen LogP contribution in [0.5, 0.6) is 5.75 Å². The molecule has 132 valence electrons. The van der Waals surface area contributed by atoms with Gasteiger partial charge < -0.3 is 10.1 Å². The summed E-state index contributed by atoms with van der Waals surface area (Å²) >= 11 is 9.64. The van der Waals surface area contributed by atoms with Crippen molar-refractivity contribution in [2.24, 2.45) is 0 Å². The molecule has 2 aromatic carbocycles. The fourth-order valence-electron chi connectivity index (χ4n) is 3.00. The van der Waals surface area contributed by atoms with Crippen molar-refractivity contribution in [2.45, 2.75) is 25.7 Å². The predicted molar refractivity (Wildman–Crippen MR) is 112 cm³/mol. The minimum atomic E-state index is 0.702.